The Balaban J connectivity index is 1.27. The molecule has 248 valence electrons. The molecule has 12 heteroatoms. The molecule has 5 aromatic rings. The lowest BCUT2D eigenvalue weighted by molar-refractivity contribution is -0.155. The minimum atomic E-state index is -4.17. The van der Waals surface area contributed by atoms with Gasteiger partial charge < -0.3 is 20.5 Å². The largest absolute Gasteiger partial charge is 0.479 e. The van der Waals surface area contributed by atoms with Crippen molar-refractivity contribution in [3.05, 3.63) is 137 Å². The van der Waals surface area contributed by atoms with E-state index in [-0.39, 0.29) is 28.6 Å². The van der Waals surface area contributed by atoms with Crippen LogP contribution in [0.3, 0.4) is 0 Å². The number of rotatable bonds is 13. The van der Waals surface area contributed by atoms with Crippen LogP contribution < -0.4 is 10.0 Å². The fourth-order valence-electron chi connectivity index (χ4n) is 5.36. The summed E-state index contributed by atoms with van der Waals surface area (Å²) < 4.78 is 28.6. The Kier molecular flexibility index (Phi) is 10.7. The van der Waals surface area contributed by atoms with Crippen LogP contribution in [0.4, 0.5) is 4.79 Å². The lowest BCUT2D eigenvalue weighted by atomic mass is 9.91. The van der Waals surface area contributed by atoms with Crippen LogP contribution in [-0.4, -0.2) is 46.9 Å². The van der Waals surface area contributed by atoms with E-state index in [0.29, 0.717) is 34.8 Å². The Labute approximate surface area is 283 Å². The molecule has 0 spiro atoms. The van der Waals surface area contributed by atoms with Crippen molar-refractivity contribution in [1.82, 2.24) is 20.0 Å². The highest BCUT2D eigenvalue weighted by Gasteiger charge is 2.44. The molecule has 1 aromatic heterocycles. The monoisotopic (exact) mass is 684 g/mol. The number of hydrogen-bond acceptors (Lipinski definition) is 7. The number of aliphatic hydroxyl groups is 1. The molecule has 0 bridgehead atoms. The molecule has 5 rings (SSSR count). The van der Waals surface area contributed by atoms with Crippen molar-refractivity contribution in [2.24, 2.45) is 0 Å². The van der Waals surface area contributed by atoms with Crippen molar-refractivity contribution in [3.63, 3.8) is 0 Å². The molecule has 1 heterocycles. The quantitative estimate of drug-likeness (QED) is 0.0938. The summed E-state index contributed by atoms with van der Waals surface area (Å²) in [5.41, 5.74) is 1.04. The van der Waals surface area contributed by atoms with Crippen LogP contribution in [0.5, 0.6) is 0 Å². The molecule has 48 heavy (non-hydrogen) atoms. The van der Waals surface area contributed by atoms with Crippen molar-refractivity contribution in [2.75, 3.05) is 6.26 Å². The van der Waals surface area contributed by atoms with Crippen LogP contribution >= 0.6 is 11.8 Å². The number of aromatic amines is 1. The topological polar surface area (TPSA) is 161 Å². The van der Waals surface area contributed by atoms with Crippen LogP contribution in [0.2, 0.25) is 0 Å². The molecule has 10 nitrogen and oxygen atoms in total. The number of nitrogens with one attached hydrogen (secondary N) is 3. The normalized spacial score (nSPS) is 13.3. The minimum Gasteiger partial charge on any atom is -0.479 e. The maximum atomic E-state index is 13.2. The second-order valence-corrected chi connectivity index (χ2v) is 13.7. The van der Waals surface area contributed by atoms with E-state index >= 15 is 0 Å². The van der Waals surface area contributed by atoms with Gasteiger partial charge in [0.1, 0.15) is 10.9 Å². The summed E-state index contributed by atoms with van der Waals surface area (Å²) in [7, 11) is -4.17. The highest BCUT2D eigenvalue weighted by Crippen LogP contribution is 2.36. The van der Waals surface area contributed by atoms with E-state index in [1.165, 1.54) is 17.8 Å². The van der Waals surface area contributed by atoms with Gasteiger partial charge in [-0.15, -0.1) is 11.8 Å². The number of carbonyl (C=O) groups excluding carboxylic acids is 1. The Morgan fingerprint density at radius 2 is 1.52 bits per heavy atom. The number of H-pyrrole nitrogens is 1. The van der Waals surface area contributed by atoms with E-state index in [4.69, 9.17) is 0 Å². The number of aliphatic carboxylic acids is 1. The summed E-state index contributed by atoms with van der Waals surface area (Å²) in [6.45, 7) is 2.16. The van der Waals surface area contributed by atoms with Crippen LogP contribution in [0.1, 0.15) is 47.5 Å². The second-order valence-electron chi connectivity index (χ2n) is 11.3. The van der Waals surface area contributed by atoms with Gasteiger partial charge in [0.15, 0.2) is 0 Å². The number of carbonyl (C=O) groups is 2. The number of aryl methyl sites for hydroxylation is 1. The van der Waals surface area contributed by atoms with Crippen molar-refractivity contribution in [3.8, 4) is 11.1 Å². The molecule has 0 saturated carbocycles. The van der Waals surface area contributed by atoms with Crippen LogP contribution in [-0.2, 0) is 33.4 Å². The zero-order valence-corrected chi connectivity index (χ0v) is 28.0. The zero-order valence-electron chi connectivity index (χ0n) is 26.4. The number of benzene rings is 4. The highest BCUT2D eigenvalue weighted by atomic mass is 32.2. The smallest absolute Gasteiger partial charge is 0.346 e. The van der Waals surface area contributed by atoms with Gasteiger partial charge in [0.25, 0.3) is 10.0 Å². The first-order valence-corrected chi connectivity index (χ1v) is 17.9. The third kappa shape index (κ3) is 7.62. The minimum absolute atomic E-state index is 0.0173. The van der Waals surface area contributed by atoms with Gasteiger partial charge >= 0.3 is 12.0 Å². The predicted octanol–water partition coefficient (Wildman–Crippen LogP) is 6.04. The zero-order chi connectivity index (χ0) is 34.3. The van der Waals surface area contributed by atoms with Crippen LogP contribution in [0.15, 0.2) is 119 Å². The van der Waals surface area contributed by atoms with Gasteiger partial charge in [-0.1, -0.05) is 110 Å². The van der Waals surface area contributed by atoms with Gasteiger partial charge in [0.2, 0.25) is 5.60 Å². The molecule has 0 aliphatic carbocycles. The van der Waals surface area contributed by atoms with Gasteiger partial charge in [-0.2, -0.15) is 0 Å². The number of amides is 2. The lowest BCUT2D eigenvalue weighted by Crippen LogP contribution is -2.39. The molecular formula is C36H36N4O6S2. The molecular weight excluding hydrogens is 649 g/mol. The van der Waals surface area contributed by atoms with E-state index in [1.54, 1.807) is 54.8 Å². The predicted molar refractivity (Wildman–Crippen MR) is 185 cm³/mol. The summed E-state index contributed by atoms with van der Waals surface area (Å²) in [4.78, 5) is 32.5. The Hall–Kier alpha value is -4.91. The summed E-state index contributed by atoms with van der Waals surface area (Å²) in [5.74, 6) is -0.924. The molecule has 0 aliphatic rings. The van der Waals surface area contributed by atoms with Crippen LogP contribution in [0.25, 0.3) is 11.1 Å². The highest BCUT2D eigenvalue weighted by molar-refractivity contribution is 7.98. The average molecular weight is 685 g/mol. The molecule has 2 amide bonds. The Bertz CT molecular complexity index is 1980. The third-order valence-electron chi connectivity index (χ3n) is 8.04. The number of imidazole rings is 1. The number of nitrogens with zero attached hydrogens (tertiary/aromatic N) is 1. The number of hydrogen-bond donors (Lipinski definition) is 5. The maximum absolute atomic E-state index is 13.2. The molecule has 2 atom stereocenters. The fraction of sp³-hybridized carbons (Fsp3) is 0.194. The molecule has 4 aromatic carbocycles. The van der Waals surface area contributed by atoms with Gasteiger partial charge in [-0.05, 0) is 41.9 Å². The Morgan fingerprint density at radius 1 is 0.896 bits per heavy atom. The van der Waals surface area contributed by atoms with E-state index in [1.807, 2.05) is 61.5 Å². The third-order valence-corrected chi connectivity index (χ3v) is 10.1. The first-order valence-electron chi connectivity index (χ1n) is 15.2. The first-order chi connectivity index (χ1) is 23.0. The van der Waals surface area contributed by atoms with E-state index in [9.17, 15) is 28.2 Å². The number of thioether (sulfide) groups is 1. The lowest BCUT2D eigenvalue weighted by Gasteiger charge is -2.23. The number of urea groups is 1. The van der Waals surface area contributed by atoms with Gasteiger partial charge in [-0.25, -0.2) is 27.7 Å². The number of aromatic nitrogens is 2. The molecule has 0 saturated heterocycles. The van der Waals surface area contributed by atoms with Crippen molar-refractivity contribution in [2.45, 2.75) is 47.8 Å². The fourth-order valence-corrected chi connectivity index (χ4v) is 7.11. The van der Waals surface area contributed by atoms with Crippen molar-refractivity contribution < 1.29 is 28.2 Å². The average Bonchev–Trinajstić information content (AvgIpc) is 3.55. The summed E-state index contributed by atoms with van der Waals surface area (Å²) in [5, 5.41) is 24.5. The van der Waals surface area contributed by atoms with E-state index in [2.05, 4.69) is 20.0 Å². The number of carboxylic acids is 1. The molecule has 0 fully saturated rings. The standard InChI is InChI=1S/C36H36N4O6S2/c1-24(32-38-31(33(39-32)47-2)36(44,34(41)42)28-13-7-4-8-14-28)17-18-25-19-21-27(22-20-25)29-15-9-10-16-30(29)48(45,46)40-35(43)37-23-26-11-5-3-6-12-26/h3-16,19-22,24,44H,17-18,23H2,1-2H3,(H,38,39)(H,41,42)(H2,37,40,43). The summed E-state index contributed by atoms with van der Waals surface area (Å²) in [6.07, 6.45) is 3.12. The van der Waals surface area contributed by atoms with Gasteiger partial charge in [0, 0.05) is 23.6 Å². The van der Waals surface area contributed by atoms with Crippen LogP contribution in [0, 0.1) is 0 Å². The molecule has 2 unspecified atom stereocenters. The molecule has 5 N–H and O–H groups in total. The number of carboxylic acid groups (broad SMARTS) is 1. The Morgan fingerprint density at radius 3 is 2.17 bits per heavy atom. The first kappa shape index (κ1) is 34.4. The van der Waals surface area contributed by atoms with Crippen molar-refractivity contribution >= 4 is 33.8 Å². The summed E-state index contributed by atoms with van der Waals surface area (Å²) in [6, 6.07) is 30.6. The summed E-state index contributed by atoms with van der Waals surface area (Å²) >= 11 is 1.26. The number of sulfonamides is 1. The SMILES string of the molecule is CSc1nc(C(C)CCc2ccc(-c3ccccc3S(=O)(=O)NC(=O)NCc3ccccc3)cc2)[nH]c1C(O)(C(=O)O)c1ccccc1. The van der Waals surface area contributed by atoms with Crippen molar-refractivity contribution in [1.29, 1.82) is 0 Å². The molecule has 0 aliphatic heterocycles. The van der Waals surface area contributed by atoms with E-state index < -0.39 is 27.6 Å². The van der Waals surface area contributed by atoms with Gasteiger partial charge in [0.05, 0.1) is 10.6 Å². The molecule has 0 radical (unpaired) electrons. The second kappa shape index (κ2) is 14.9. The van der Waals surface area contributed by atoms with E-state index in [0.717, 1.165) is 11.1 Å². The maximum Gasteiger partial charge on any atom is 0.346 e. The van der Waals surface area contributed by atoms with Gasteiger partial charge in [-0.3, -0.25) is 0 Å².